The van der Waals surface area contributed by atoms with Gasteiger partial charge in [0.05, 0.1) is 12.2 Å². The van der Waals surface area contributed by atoms with Crippen molar-refractivity contribution < 1.29 is 0 Å². The number of hydrogen-bond acceptors (Lipinski definition) is 4. The Morgan fingerprint density at radius 3 is 3.04 bits per heavy atom. The summed E-state index contributed by atoms with van der Waals surface area (Å²) in [4.78, 5) is 4.36. The minimum absolute atomic E-state index is 0.328. The van der Waals surface area contributed by atoms with Crippen LogP contribution in [0.4, 0.5) is 0 Å². The van der Waals surface area contributed by atoms with E-state index in [0.29, 0.717) is 18.6 Å². The number of guanidine groups is 1. The van der Waals surface area contributed by atoms with Crippen LogP contribution in [-0.2, 0) is 19.4 Å². The van der Waals surface area contributed by atoms with Crippen LogP contribution in [-0.4, -0.2) is 43.4 Å². The monoisotopic (exact) mass is 366 g/mol. The van der Waals surface area contributed by atoms with E-state index in [-0.39, 0.29) is 0 Å². The number of rotatable bonds is 4. The zero-order valence-corrected chi connectivity index (χ0v) is 16.1. The third-order valence-corrected chi connectivity index (χ3v) is 4.99. The summed E-state index contributed by atoms with van der Waals surface area (Å²) in [5.74, 6) is 1.63. The zero-order chi connectivity index (χ0) is 18.8. The van der Waals surface area contributed by atoms with Gasteiger partial charge in [0.1, 0.15) is 0 Å². The smallest absolute Gasteiger partial charge is 0.191 e. The second-order valence-corrected chi connectivity index (χ2v) is 7.23. The minimum atomic E-state index is 0.328. The van der Waals surface area contributed by atoms with E-state index in [1.807, 2.05) is 28.8 Å². The molecule has 0 saturated carbocycles. The summed E-state index contributed by atoms with van der Waals surface area (Å²) in [6, 6.07) is 6.60. The molecule has 0 saturated heterocycles. The Morgan fingerprint density at radius 1 is 1.33 bits per heavy atom. The molecule has 8 nitrogen and oxygen atoms in total. The lowest BCUT2D eigenvalue weighted by atomic mass is 9.94. The Balaban J connectivity index is 1.38. The molecule has 0 spiro atoms. The predicted molar refractivity (Wildman–Crippen MR) is 105 cm³/mol. The first-order valence-electron chi connectivity index (χ1n) is 9.46. The lowest BCUT2D eigenvalue weighted by molar-refractivity contribution is 0.499. The van der Waals surface area contributed by atoms with Gasteiger partial charge in [-0.2, -0.15) is 5.10 Å². The van der Waals surface area contributed by atoms with Crippen molar-refractivity contribution in [3.63, 3.8) is 0 Å². The zero-order valence-electron chi connectivity index (χ0n) is 16.1. The maximum absolute atomic E-state index is 4.75. The highest BCUT2D eigenvalue weighted by Crippen LogP contribution is 2.21. The third kappa shape index (κ3) is 3.65. The maximum atomic E-state index is 4.75. The van der Waals surface area contributed by atoms with Gasteiger partial charge >= 0.3 is 0 Å². The molecule has 1 atom stereocenters. The molecule has 2 N–H and O–H groups in total. The summed E-state index contributed by atoms with van der Waals surface area (Å²) < 4.78 is 4.04. The minimum Gasteiger partial charge on any atom is -0.353 e. The molecule has 3 aromatic heterocycles. The molecule has 1 aliphatic rings. The Hall–Kier alpha value is -2.90. The van der Waals surface area contributed by atoms with Crippen molar-refractivity contribution in [3.8, 4) is 0 Å². The maximum Gasteiger partial charge on any atom is 0.191 e. The van der Waals surface area contributed by atoms with E-state index in [9.17, 15) is 0 Å². The molecule has 0 aromatic carbocycles. The van der Waals surface area contributed by atoms with Crippen LogP contribution >= 0.6 is 0 Å². The molecule has 0 amide bonds. The third-order valence-electron chi connectivity index (χ3n) is 4.99. The molecule has 1 aliphatic carbocycles. The second-order valence-electron chi connectivity index (χ2n) is 7.23. The first-order valence-corrected chi connectivity index (χ1v) is 9.46. The van der Waals surface area contributed by atoms with Crippen molar-refractivity contribution in [1.82, 2.24) is 35.0 Å². The highest BCUT2D eigenvalue weighted by atomic mass is 15.3. The van der Waals surface area contributed by atoms with Gasteiger partial charge in [-0.05, 0) is 44.4 Å². The molecule has 0 bridgehead atoms. The number of aliphatic imine (C=N–C) groups is 1. The molecule has 0 aliphatic heterocycles. The van der Waals surface area contributed by atoms with E-state index >= 15 is 0 Å². The summed E-state index contributed by atoms with van der Waals surface area (Å²) in [5, 5.41) is 20.1. The molecular formula is C19H26N8. The highest BCUT2D eigenvalue weighted by molar-refractivity contribution is 5.80. The summed E-state index contributed by atoms with van der Waals surface area (Å²) in [5.41, 5.74) is 3.42. The highest BCUT2D eigenvalue weighted by Gasteiger charge is 2.23. The van der Waals surface area contributed by atoms with Crippen molar-refractivity contribution in [1.29, 1.82) is 0 Å². The summed E-state index contributed by atoms with van der Waals surface area (Å²) >= 11 is 0. The topological polar surface area (TPSA) is 84.4 Å². The molecule has 1 unspecified atom stereocenters. The largest absolute Gasteiger partial charge is 0.353 e. The molecule has 3 heterocycles. The van der Waals surface area contributed by atoms with Crippen LogP contribution in [0.1, 0.15) is 43.4 Å². The lowest BCUT2D eigenvalue weighted by Gasteiger charge is -2.24. The van der Waals surface area contributed by atoms with Crippen molar-refractivity contribution in [3.05, 3.63) is 47.7 Å². The van der Waals surface area contributed by atoms with E-state index in [1.54, 1.807) is 7.05 Å². The van der Waals surface area contributed by atoms with Gasteiger partial charge in [-0.15, -0.1) is 10.2 Å². The van der Waals surface area contributed by atoms with Crippen LogP contribution in [0, 0.1) is 0 Å². The molecule has 3 aromatic rings. The summed E-state index contributed by atoms with van der Waals surface area (Å²) in [6.45, 7) is 4.88. The van der Waals surface area contributed by atoms with E-state index in [0.717, 1.165) is 36.7 Å². The molecule has 0 fully saturated rings. The Morgan fingerprint density at radius 2 is 2.22 bits per heavy atom. The van der Waals surface area contributed by atoms with Gasteiger partial charge in [-0.3, -0.25) is 14.1 Å². The fraction of sp³-hybridized carbons (Fsp3) is 0.474. The van der Waals surface area contributed by atoms with Crippen LogP contribution in [0.25, 0.3) is 5.65 Å². The summed E-state index contributed by atoms with van der Waals surface area (Å²) in [7, 11) is 1.79. The fourth-order valence-corrected chi connectivity index (χ4v) is 3.46. The number of fused-ring (bicyclic) bond motifs is 2. The number of nitrogens with zero attached hydrogens (tertiary/aromatic N) is 6. The van der Waals surface area contributed by atoms with Gasteiger partial charge in [0.25, 0.3) is 0 Å². The van der Waals surface area contributed by atoms with Gasteiger partial charge in [0, 0.05) is 37.9 Å². The first kappa shape index (κ1) is 17.5. The number of aryl methyl sites for hydroxylation is 1. The quantitative estimate of drug-likeness (QED) is 0.543. The van der Waals surface area contributed by atoms with Crippen LogP contribution in [0.3, 0.4) is 0 Å². The van der Waals surface area contributed by atoms with E-state index < -0.39 is 0 Å². The van der Waals surface area contributed by atoms with Crippen molar-refractivity contribution in [2.24, 2.45) is 4.99 Å². The van der Waals surface area contributed by atoms with Gasteiger partial charge in [-0.25, -0.2) is 0 Å². The molecule has 8 heteroatoms. The Bertz CT molecular complexity index is 952. The fourth-order valence-electron chi connectivity index (χ4n) is 3.46. The number of pyridine rings is 1. The number of hydrogen-bond donors (Lipinski definition) is 2. The number of aromatic nitrogens is 5. The predicted octanol–water partition coefficient (Wildman–Crippen LogP) is 1.73. The van der Waals surface area contributed by atoms with E-state index in [4.69, 9.17) is 5.10 Å². The van der Waals surface area contributed by atoms with Crippen LogP contribution in [0.5, 0.6) is 0 Å². The van der Waals surface area contributed by atoms with Crippen LogP contribution < -0.4 is 10.6 Å². The van der Waals surface area contributed by atoms with E-state index in [2.05, 4.69) is 50.5 Å². The van der Waals surface area contributed by atoms with Gasteiger partial charge in [0.2, 0.25) is 0 Å². The standard InChI is InChI=1S/C19H26N8/c1-13(2)27-12-14-7-8-15(10-16(14)25-27)22-19(20-3)21-11-18-24-23-17-6-4-5-9-26(17)18/h4-6,9,12-13,15H,7-8,10-11H2,1-3H3,(H2,20,21,22). The van der Waals surface area contributed by atoms with Crippen LogP contribution in [0.15, 0.2) is 35.6 Å². The van der Waals surface area contributed by atoms with Crippen LogP contribution in [0.2, 0.25) is 0 Å². The average Bonchev–Trinajstić information content (AvgIpc) is 3.29. The van der Waals surface area contributed by atoms with E-state index in [1.165, 1.54) is 11.3 Å². The van der Waals surface area contributed by atoms with Gasteiger partial charge in [-0.1, -0.05) is 6.07 Å². The average molecular weight is 366 g/mol. The van der Waals surface area contributed by atoms with Crippen molar-refractivity contribution in [2.75, 3.05) is 7.05 Å². The summed E-state index contributed by atoms with van der Waals surface area (Å²) in [6.07, 6.45) is 7.20. The SMILES string of the molecule is CN=C(NCc1nnc2ccccn12)NC1CCc2cn(C(C)C)nc2C1. The lowest BCUT2D eigenvalue weighted by Crippen LogP contribution is -2.45. The molecule has 27 heavy (non-hydrogen) atoms. The van der Waals surface area contributed by atoms with Gasteiger partial charge < -0.3 is 10.6 Å². The normalized spacial score (nSPS) is 17.3. The molecule has 142 valence electrons. The first-order chi connectivity index (χ1) is 13.1. The number of nitrogens with one attached hydrogen (secondary N) is 2. The molecule has 4 rings (SSSR count). The molecular weight excluding hydrogens is 340 g/mol. The Kier molecular flexibility index (Phi) is 4.79. The second kappa shape index (κ2) is 7.38. The van der Waals surface area contributed by atoms with Gasteiger partial charge in [0.15, 0.2) is 17.4 Å². The molecule has 0 radical (unpaired) electrons. The van der Waals surface area contributed by atoms with Crippen molar-refractivity contribution >= 4 is 11.6 Å². The Labute approximate surface area is 158 Å². The van der Waals surface area contributed by atoms with Crippen molar-refractivity contribution in [2.45, 2.75) is 51.7 Å².